The Morgan fingerprint density at radius 3 is 2.68 bits per heavy atom. The number of rotatable bonds is 4. The average Bonchev–Trinajstić information content (AvgIpc) is 2.76. The minimum atomic E-state index is -4.66. The van der Waals surface area contributed by atoms with Gasteiger partial charge in [0.2, 0.25) is 0 Å². The first kappa shape index (κ1) is 13.9. The van der Waals surface area contributed by atoms with Crippen molar-refractivity contribution in [1.82, 2.24) is 5.32 Å². The molecule has 0 saturated heterocycles. The largest absolute Gasteiger partial charge is 0.573 e. The van der Waals surface area contributed by atoms with Crippen LogP contribution in [0.1, 0.15) is 4.88 Å². The molecule has 0 spiro atoms. The van der Waals surface area contributed by atoms with Crippen LogP contribution in [0.3, 0.4) is 0 Å². The van der Waals surface area contributed by atoms with Gasteiger partial charge in [0.25, 0.3) is 0 Å². The summed E-state index contributed by atoms with van der Waals surface area (Å²) in [5, 5.41) is 4.94. The third-order valence-electron chi connectivity index (χ3n) is 2.41. The van der Waals surface area contributed by atoms with E-state index in [2.05, 4.69) is 10.1 Å². The lowest BCUT2D eigenvalue weighted by atomic mass is 10.1. The van der Waals surface area contributed by atoms with E-state index in [1.54, 1.807) is 23.5 Å². The monoisotopic (exact) mass is 287 g/mol. The van der Waals surface area contributed by atoms with Gasteiger partial charge in [-0.05, 0) is 41.8 Å². The predicted octanol–water partition coefficient (Wildman–Crippen LogP) is 4.03. The zero-order valence-electron chi connectivity index (χ0n) is 10.1. The molecule has 0 fully saturated rings. The smallest absolute Gasteiger partial charge is 0.406 e. The Hall–Kier alpha value is -1.53. The lowest BCUT2D eigenvalue weighted by Gasteiger charge is -2.09. The van der Waals surface area contributed by atoms with Gasteiger partial charge >= 0.3 is 6.36 Å². The number of hydrogen-bond acceptors (Lipinski definition) is 3. The highest BCUT2D eigenvalue weighted by Crippen LogP contribution is 2.30. The van der Waals surface area contributed by atoms with Crippen LogP contribution in [0, 0.1) is 0 Å². The Kier molecular flexibility index (Phi) is 4.11. The van der Waals surface area contributed by atoms with E-state index in [4.69, 9.17) is 0 Å². The molecular formula is C13H12F3NOS. The molecule has 19 heavy (non-hydrogen) atoms. The third kappa shape index (κ3) is 3.97. The standard InChI is InChI=1S/C13H12F3NOS/c1-17-7-12-6-10(8-19-12)9-3-2-4-11(5-9)18-13(14,15)16/h2-6,8,17H,7H2,1H3. The summed E-state index contributed by atoms with van der Waals surface area (Å²) in [5.41, 5.74) is 1.60. The van der Waals surface area contributed by atoms with Crippen molar-refractivity contribution >= 4 is 11.3 Å². The molecule has 0 aliphatic rings. The molecule has 102 valence electrons. The van der Waals surface area contributed by atoms with Crippen molar-refractivity contribution in [2.75, 3.05) is 7.05 Å². The fourth-order valence-corrected chi connectivity index (χ4v) is 2.58. The highest BCUT2D eigenvalue weighted by molar-refractivity contribution is 7.10. The van der Waals surface area contributed by atoms with Gasteiger partial charge in [0.15, 0.2) is 0 Å². The van der Waals surface area contributed by atoms with Crippen LogP contribution in [-0.2, 0) is 6.54 Å². The molecule has 2 nitrogen and oxygen atoms in total. The first-order valence-corrected chi connectivity index (χ1v) is 6.44. The summed E-state index contributed by atoms with van der Waals surface area (Å²) in [5.74, 6) is -0.202. The second-order valence-corrected chi connectivity index (χ2v) is 4.90. The van der Waals surface area contributed by atoms with E-state index < -0.39 is 6.36 Å². The normalized spacial score (nSPS) is 11.6. The second kappa shape index (κ2) is 5.63. The first-order valence-electron chi connectivity index (χ1n) is 5.56. The maximum absolute atomic E-state index is 12.2. The fourth-order valence-electron chi connectivity index (χ4n) is 1.67. The highest BCUT2D eigenvalue weighted by Gasteiger charge is 2.31. The van der Waals surface area contributed by atoms with E-state index in [0.29, 0.717) is 5.56 Å². The maximum atomic E-state index is 12.2. The van der Waals surface area contributed by atoms with Gasteiger partial charge in [0, 0.05) is 11.4 Å². The van der Waals surface area contributed by atoms with Crippen molar-refractivity contribution in [3.05, 3.63) is 40.6 Å². The van der Waals surface area contributed by atoms with Gasteiger partial charge in [0.05, 0.1) is 0 Å². The Labute approximate surface area is 112 Å². The van der Waals surface area contributed by atoms with Crippen molar-refractivity contribution in [3.63, 3.8) is 0 Å². The van der Waals surface area contributed by atoms with Crippen LogP contribution in [0.25, 0.3) is 11.1 Å². The highest BCUT2D eigenvalue weighted by atomic mass is 32.1. The summed E-state index contributed by atoms with van der Waals surface area (Å²) in [6.45, 7) is 0.739. The number of benzene rings is 1. The molecule has 0 radical (unpaired) electrons. The molecule has 0 bridgehead atoms. The van der Waals surface area contributed by atoms with E-state index in [9.17, 15) is 13.2 Å². The molecule has 2 aromatic rings. The molecule has 1 aromatic heterocycles. The van der Waals surface area contributed by atoms with Gasteiger partial charge < -0.3 is 10.1 Å². The Bertz CT molecular complexity index is 551. The Balaban J connectivity index is 2.22. The van der Waals surface area contributed by atoms with Crippen molar-refractivity contribution in [2.24, 2.45) is 0 Å². The summed E-state index contributed by atoms with van der Waals surface area (Å²) in [6.07, 6.45) is -4.66. The molecule has 1 N–H and O–H groups in total. The molecular weight excluding hydrogens is 275 g/mol. The van der Waals surface area contributed by atoms with Crippen LogP contribution >= 0.6 is 11.3 Å². The van der Waals surface area contributed by atoms with Crippen LogP contribution in [0.4, 0.5) is 13.2 Å². The van der Waals surface area contributed by atoms with E-state index in [1.165, 1.54) is 12.1 Å². The molecule has 1 aromatic carbocycles. The summed E-state index contributed by atoms with van der Waals surface area (Å²) >= 11 is 1.56. The second-order valence-electron chi connectivity index (χ2n) is 3.91. The lowest BCUT2D eigenvalue weighted by Crippen LogP contribution is -2.17. The van der Waals surface area contributed by atoms with Gasteiger partial charge in [-0.2, -0.15) is 0 Å². The van der Waals surface area contributed by atoms with Crippen LogP contribution in [-0.4, -0.2) is 13.4 Å². The topological polar surface area (TPSA) is 21.3 Å². The molecule has 0 aliphatic carbocycles. The van der Waals surface area contributed by atoms with Crippen LogP contribution in [0.2, 0.25) is 0 Å². The minimum absolute atomic E-state index is 0.202. The fraction of sp³-hybridized carbons (Fsp3) is 0.231. The van der Waals surface area contributed by atoms with Crippen LogP contribution < -0.4 is 10.1 Å². The minimum Gasteiger partial charge on any atom is -0.406 e. The van der Waals surface area contributed by atoms with Gasteiger partial charge in [-0.25, -0.2) is 0 Å². The van der Waals surface area contributed by atoms with E-state index in [1.807, 2.05) is 18.5 Å². The maximum Gasteiger partial charge on any atom is 0.573 e. The Morgan fingerprint density at radius 1 is 1.21 bits per heavy atom. The van der Waals surface area contributed by atoms with Crippen molar-refractivity contribution < 1.29 is 17.9 Å². The van der Waals surface area contributed by atoms with Gasteiger partial charge in [-0.3, -0.25) is 0 Å². The quantitative estimate of drug-likeness (QED) is 0.916. The summed E-state index contributed by atoms with van der Waals surface area (Å²) in [6, 6.07) is 7.94. The molecule has 0 atom stereocenters. The number of alkyl halides is 3. The number of nitrogens with one attached hydrogen (secondary N) is 1. The SMILES string of the molecule is CNCc1cc(-c2cccc(OC(F)(F)F)c2)cs1. The van der Waals surface area contributed by atoms with Gasteiger partial charge in [-0.1, -0.05) is 12.1 Å². The van der Waals surface area contributed by atoms with Gasteiger partial charge in [-0.15, -0.1) is 24.5 Å². The van der Waals surface area contributed by atoms with Gasteiger partial charge in [0.1, 0.15) is 5.75 Å². The average molecular weight is 287 g/mol. The molecule has 2 rings (SSSR count). The summed E-state index contributed by atoms with van der Waals surface area (Å²) < 4.78 is 40.4. The zero-order valence-corrected chi connectivity index (χ0v) is 10.9. The van der Waals surface area contributed by atoms with Crippen LogP contribution in [0.15, 0.2) is 35.7 Å². The molecule has 6 heteroatoms. The van der Waals surface area contributed by atoms with Crippen molar-refractivity contribution in [3.8, 4) is 16.9 Å². The zero-order chi connectivity index (χ0) is 13.9. The first-order chi connectivity index (χ1) is 8.98. The molecule has 1 heterocycles. The molecule has 0 amide bonds. The van der Waals surface area contributed by atoms with E-state index >= 15 is 0 Å². The predicted molar refractivity (Wildman–Crippen MR) is 69.2 cm³/mol. The summed E-state index contributed by atoms with van der Waals surface area (Å²) in [7, 11) is 1.84. The number of halogens is 3. The van der Waals surface area contributed by atoms with Crippen LogP contribution in [0.5, 0.6) is 5.75 Å². The number of ether oxygens (including phenoxy) is 1. The van der Waals surface area contributed by atoms with Crippen molar-refractivity contribution in [1.29, 1.82) is 0 Å². The summed E-state index contributed by atoms with van der Waals surface area (Å²) in [4.78, 5) is 1.12. The third-order valence-corrected chi connectivity index (χ3v) is 3.34. The number of hydrogen-bond donors (Lipinski definition) is 1. The number of thiophene rings is 1. The van der Waals surface area contributed by atoms with E-state index in [0.717, 1.165) is 17.0 Å². The molecule has 0 saturated carbocycles. The molecule has 0 aliphatic heterocycles. The van der Waals surface area contributed by atoms with E-state index in [-0.39, 0.29) is 5.75 Å². The molecule has 0 unspecified atom stereocenters. The van der Waals surface area contributed by atoms with Crippen molar-refractivity contribution in [2.45, 2.75) is 12.9 Å². The Morgan fingerprint density at radius 2 is 2.00 bits per heavy atom. The lowest BCUT2D eigenvalue weighted by molar-refractivity contribution is -0.274.